The van der Waals surface area contributed by atoms with Crippen LogP contribution < -0.4 is 5.32 Å². The van der Waals surface area contributed by atoms with Crippen LogP contribution in [0.15, 0.2) is 53.3 Å². The summed E-state index contributed by atoms with van der Waals surface area (Å²) in [6.07, 6.45) is 4.72. The van der Waals surface area contributed by atoms with E-state index < -0.39 is 0 Å². The monoisotopic (exact) mass is 387 g/mol. The van der Waals surface area contributed by atoms with E-state index in [1.807, 2.05) is 29.2 Å². The van der Waals surface area contributed by atoms with Gasteiger partial charge < -0.3 is 10.2 Å². The van der Waals surface area contributed by atoms with Gasteiger partial charge in [-0.1, -0.05) is 15.9 Å². The highest BCUT2D eigenvalue weighted by molar-refractivity contribution is 9.10. The lowest BCUT2D eigenvalue weighted by Crippen LogP contribution is -2.46. The van der Waals surface area contributed by atoms with Crippen molar-refractivity contribution in [3.8, 4) is 0 Å². The number of aromatic nitrogens is 1. The third kappa shape index (κ3) is 4.00. The standard InChI is InChI=1S/C18H18BrN3O2/c19-15-5-3-13(4-6-15)18(24)22-10-7-16(8-11-22)21-17(23)14-2-1-9-20-12-14/h1-6,9,12,16H,7-8,10-11H2,(H,21,23). The Morgan fingerprint density at radius 3 is 2.42 bits per heavy atom. The molecule has 1 aromatic carbocycles. The Hall–Kier alpha value is -2.21. The fraction of sp³-hybridized carbons (Fsp3) is 0.278. The number of pyridine rings is 1. The highest BCUT2D eigenvalue weighted by atomic mass is 79.9. The molecule has 1 aliphatic heterocycles. The van der Waals surface area contributed by atoms with Crippen molar-refractivity contribution < 1.29 is 9.59 Å². The predicted molar refractivity (Wildman–Crippen MR) is 94.8 cm³/mol. The third-order valence-corrected chi connectivity index (χ3v) is 4.66. The lowest BCUT2D eigenvalue weighted by molar-refractivity contribution is 0.0698. The summed E-state index contributed by atoms with van der Waals surface area (Å²) in [5.41, 5.74) is 1.25. The van der Waals surface area contributed by atoms with E-state index in [9.17, 15) is 9.59 Å². The first kappa shape index (κ1) is 16.6. The van der Waals surface area contributed by atoms with Crippen LogP contribution in [0.2, 0.25) is 0 Å². The molecule has 0 aliphatic carbocycles. The molecule has 1 N–H and O–H groups in total. The first-order chi connectivity index (χ1) is 11.6. The van der Waals surface area contributed by atoms with Gasteiger partial charge >= 0.3 is 0 Å². The average Bonchev–Trinajstić information content (AvgIpc) is 2.63. The Morgan fingerprint density at radius 1 is 1.08 bits per heavy atom. The van der Waals surface area contributed by atoms with Crippen LogP contribution in [0, 0.1) is 0 Å². The van der Waals surface area contributed by atoms with Gasteiger partial charge in [0.1, 0.15) is 0 Å². The van der Waals surface area contributed by atoms with E-state index in [0.717, 1.165) is 17.3 Å². The summed E-state index contributed by atoms with van der Waals surface area (Å²) in [4.78, 5) is 30.4. The van der Waals surface area contributed by atoms with Gasteiger partial charge in [0.05, 0.1) is 5.56 Å². The Kier molecular flexibility index (Phi) is 5.25. The van der Waals surface area contributed by atoms with Crippen LogP contribution in [0.1, 0.15) is 33.6 Å². The molecule has 2 amide bonds. The number of likely N-dealkylation sites (tertiary alicyclic amines) is 1. The SMILES string of the molecule is O=C(NC1CCN(C(=O)c2ccc(Br)cc2)CC1)c1cccnc1. The molecule has 1 fully saturated rings. The first-order valence-electron chi connectivity index (χ1n) is 7.89. The van der Waals surface area contributed by atoms with E-state index in [4.69, 9.17) is 0 Å². The molecule has 0 unspecified atom stereocenters. The van der Waals surface area contributed by atoms with E-state index in [1.54, 1.807) is 24.5 Å². The molecule has 1 saturated heterocycles. The zero-order valence-electron chi connectivity index (χ0n) is 13.1. The highest BCUT2D eigenvalue weighted by Gasteiger charge is 2.24. The maximum Gasteiger partial charge on any atom is 0.253 e. The molecule has 3 rings (SSSR count). The molecule has 1 aromatic heterocycles. The maximum atomic E-state index is 12.5. The molecule has 0 bridgehead atoms. The fourth-order valence-electron chi connectivity index (χ4n) is 2.77. The normalized spacial score (nSPS) is 15.1. The summed E-state index contributed by atoms with van der Waals surface area (Å²) in [7, 11) is 0. The van der Waals surface area contributed by atoms with E-state index in [1.165, 1.54) is 0 Å². The summed E-state index contributed by atoms with van der Waals surface area (Å²) in [6.45, 7) is 1.29. The van der Waals surface area contributed by atoms with Gasteiger partial charge in [-0.3, -0.25) is 14.6 Å². The Balaban J connectivity index is 1.53. The summed E-state index contributed by atoms with van der Waals surface area (Å²) in [5.74, 6) is -0.0691. The molecule has 0 spiro atoms. The summed E-state index contributed by atoms with van der Waals surface area (Å²) in [5, 5.41) is 3.02. The molecule has 5 nitrogen and oxygen atoms in total. The molecular weight excluding hydrogens is 370 g/mol. The lowest BCUT2D eigenvalue weighted by atomic mass is 10.0. The second-order valence-corrected chi connectivity index (χ2v) is 6.70. The van der Waals surface area contributed by atoms with Crippen molar-refractivity contribution in [1.82, 2.24) is 15.2 Å². The predicted octanol–water partition coefficient (Wildman–Crippen LogP) is 2.88. The minimum Gasteiger partial charge on any atom is -0.349 e. The zero-order chi connectivity index (χ0) is 16.9. The fourth-order valence-corrected chi connectivity index (χ4v) is 3.03. The number of hydrogen-bond acceptors (Lipinski definition) is 3. The number of carbonyl (C=O) groups is 2. The zero-order valence-corrected chi connectivity index (χ0v) is 14.7. The largest absolute Gasteiger partial charge is 0.349 e. The van der Waals surface area contributed by atoms with Gasteiger partial charge in [0.15, 0.2) is 0 Å². The lowest BCUT2D eigenvalue weighted by Gasteiger charge is -2.32. The third-order valence-electron chi connectivity index (χ3n) is 4.13. The van der Waals surface area contributed by atoms with Crippen molar-refractivity contribution in [2.75, 3.05) is 13.1 Å². The van der Waals surface area contributed by atoms with Crippen LogP contribution in [0.4, 0.5) is 0 Å². The average molecular weight is 388 g/mol. The number of piperidine rings is 1. The van der Waals surface area contributed by atoms with Gasteiger partial charge in [-0.2, -0.15) is 0 Å². The van der Waals surface area contributed by atoms with Crippen molar-refractivity contribution in [2.45, 2.75) is 18.9 Å². The Morgan fingerprint density at radius 2 is 1.79 bits per heavy atom. The summed E-state index contributed by atoms with van der Waals surface area (Å²) < 4.78 is 0.955. The Bertz CT molecular complexity index is 711. The smallest absolute Gasteiger partial charge is 0.253 e. The number of amides is 2. The molecule has 0 atom stereocenters. The molecule has 0 radical (unpaired) electrons. The second-order valence-electron chi connectivity index (χ2n) is 5.79. The number of halogens is 1. The van der Waals surface area contributed by atoms with E-state index in [2.05, 4.69) is 26.2 Å². The molecule has 6 heteroatoms. The molecule has 2 aromatic rings. The quantitative estimate of drug-likeness (QED) is 0.880. The number of nitrogens with zero attached hydrogens (tertiary/aromatic N) is 2. The van der Waals surface area contributed by atoms with Gasteiger partial charge in [-0.05, 0) is 49.2 Å². The maximum absolute atomic E-state index is 12.5. The van der Waals surface area contributed by atoms with Crippen LogP contribution in [-0.4, -0.2) is 40.8 Å². The van der Waals surface area contributed by atoms with Gasteiger partial charge in [0, 0.05) is 41.6 Å². The van der Waals surface area contributed by atoms with Crippen molar-refractivity contribution in [3.63, 3.8) is 0 Å². The molecule has 2 heterocycles. The minimum absolute atomic E-state index is 0.0412. The molecule has 24 heavy (non-hydrogen) atoms. The number of hydrogen-bond donors (Lipinski definition) is 1. The van der Waals surface area contributed by atoms with Crippen LogP contribution in [-0.2, 0) is 0 Å². The first-order valence-corrected chi connectivity index (χ1v) is 8.68. The Labute approximate surface area is 149 Å². The van der Waals surface area contributed by atoms with E-state index in [0.29, 0.717) is 24.2 Å². The van der Waals surface area contributed by atoms with E-state index >= 15 is 0 Å². The molecule has 124 valence electrons. The summed E-state index contributed by atoms with van der Waals surface area (Å²) >= 11 is 3.37. The van der Waals surface area contributed by atoms with Crippen LogP contribution >= 0.6 is 15.9 Å². The van der Waals surface area contributed by atoms with Gasteiger partial charge in [-0.25, -0.2) is 0 Å². The topological polar surface area (TPSA) is 62.3 Å². The van der Waals surface area contributed by atoms with Crippen molar-refractivity contribution in [3.05, 3.63) is 64.4 Å². The molecule has 0 saturated carbocycles. The number of carbonyl (C=O) groups excluding carboxylic acids is 2. The number of benzene rings is 1. The summed E-state index contributed by atoms with van der Waals surface area (Å²) in [6, 6.07) is 11.0. The van der Waals surface area contributed by atoms with Crippen molar-refractivity contribution >= 4 is 27.7 Å². The van der Waals surface area contributed by atoms with Gasteiger partial charge in [0.25, 0.3) is 11.8 Å². The van der Waals surface area contributed by atoms with Crippen LogP contribution in [0.3, 0.4) is 0 Å². The number of nitrogens with one attached hydrogen (secondary N) is 1. The molecular formula is C18H18BrN3O2. The van der Waals surface area contributed by atoms with E-state index in [-0.39, 0.29) is 17.9 Å². The van der Waals surface area contributed by atoms with Gasteiger partial charge in [-0.15, -0.1) is 0 Å². The minimum atomic E-state index is -0.110. The molecule has 1 aliphatic rings. The van der Waals surface area contributed by atoms with Gasteiger partial charge in [0.2, 0.25) is 0 Å². The van der Waals surface area contributed by atoms with Crippen LogP contribution in [0.25, 0.3) is 0 Å². The van der Waals surface area contributed by atoms with Crippen molar-refractivity contribution in [2.24, 2.45) is 0 Å². The van der Waals surface area contributed by atoms with Crippen molar-refractivity contribution in [1.29, 1.82) is 0 Å². The second kappa shape index (κ2) is 7.57. The van der Waals surface area contributed by atoms with Crippen LogP contribution in [0.5, 0.6) is 0 Å². The highest BCUT2D eigenvalue weighted by Crippen LogP contribution is 2.16. The number of rotatable bonds is 3.